The maximum Gasteiger partial charge on any atom is 0.316 e. The molecule has 0 bridgehead atoms. The zero-order valence-electron chi connectivity index (χ0n) is 20.0. The predicted molar refractivity (Wildman–Crippen MR) is 123 cm³/mol. The zero-order chi connectivity index (χ0) is 21.4. The Kier molecular flexibility index (Phi) is 10.6. The first kappa shape index (κ1) is 26.4. The lowest BCUT2D eigenvalue weighted by Crippen LogP contribution is -2.63. The molecular weight excluding hydrogens is 348 g/mol. The molecule has 0 saturated carbocycles. The fourth-order valence-corrected chi connectivity index (χ4v) is 14.0. The summed E-state index contributed by atoms with van der Waals surface area (Å²) in [7, 11) is -2.59. The number of carbonyl (C=O) groups is 1. The molecule has 0 aromatic heterocycles. The van der Waals surface area contributed by atoms with Crippen LogP contribution in [-0.2, 0) is 9.22 Å². The van der Waals surface area contributed by atoms with Crippen LogP contribution in [0.5, 0.6) is 0 Å². The molecule has 0 fully saturated rings. The normalized spacial score (nSPS) is 13.5. The molecule has 0 radical (unpaired) electrons. The van der Waals surface area contributed by atoms with Crippen molar-refractivity contribution in [3.63, 3.8) is 0 Å². The van der Waals surface area contributed by atoms with Gasteiger partial charge < -0.3 is 4.43 Å². The van der Waals surface area contributed by atoms with E-state index in [2.05, 4.69) is 68.9 Å². The van der Waals surface area contributed by atoms with Crippen LogP contribution in [-0.4, -0.2) is 14.3 Å². The molecule has 0 aromatic rings. The third-order valence-corrected chi connectivity index (χ3v) is 13.7. The highest BCUT2D eigenvalue weighted by Crippen LogP contribution is 2.67. The molecule has 0 aliphatic heterocycles. The SMILES string of the molecule is C=CC(=O)O[Si](C(C)(C)CCCC)(C(C)(C)CCCC)C(C)(C)CCCC. The van der Waals surface area contributed by atoms with Crippen LogP contribution >= 0.6 is 0 Å². The number of hydrogen-bond donors (Lipinski definition) is 0. The third kappa shape index (κ3) is 5.95. The van der Waals surface area contributed by atoms with Crippen molar-refractivity contribution in [2.75, 3.05) is 0 Å². The molecule has 3 heteroatoms. The maximum absolute atomic E-state index is 12.7. The van der Waals surface area contributed by atoms with Crippen molar-refractivity contribution in [1.82, 2.24) is 0 Å². The Morgan fingerprint density at radius 2 is 1.07 bits per heavy atom. The molecule has 160 valence electrons. The maximum atomic E-state index is 12.7. The van der Waals surface area contributed by atoms with Crippen LogP contribution in [0.25, 0.3) is 0 Å². The smallest absolute Gasteiger partial charge is 0.316 e. The standard InChI is InChI=1S/C24H48O2Si/c1-11-15-18-22(5,6)27(26-21(25)14-4,23(7,8)19-16-12-2)24(9,10)20-17-13-3/h14H,4,11-13,15-20H2,1-3,5-10H3. The molecule has 27 heavy (non-hydrogen) atoms. The largest absolute Gasteiger partial charge is 0.514 e. The van der Waals surface area contributed by atoms with Crippen LogP contribution in [0.3, 0.4) is 0 Å². The monoisotopic (exact) mass is 396 g/mol. The van der Waals surface area contributed by atoms with Crippen LogP contribution in [0, 0.1) is 0 Å². The van der Waals surface area contributed by atoms with Crippen molar-refractivity contribution in [2.24, 2.45) is 0 Å². The number of carbonyl (C=O) groups excluding carboxylic acids is 1. The summed E-state index contributed by atoms with van der Waals surface area (Å²) in [4.78, 5) is 12.7. The molecule has 0 spiro atoms. The van der Waals surface area contributed by atoms with E-state index in [1.807, 2.05) is 0 Å². The Morgan fingerprint density at radius 3 is 1.30 bits per heavy atom. The molecule has 0 aromatic carbocycles. The lowest BCUT2D eigenvalue weighted by molar-refractivity contribution is -0.131. The second-order valence-corrected chi connectivity index (χ2v) is 15.9. The Balaban J connectivity index is 6.61. The van der Waals surface area contributed by atoms with Crippen molar-refractivity contribution in [1.29, 1.82) is 0 Å². The van der Waals surface area contributed by atoms with Gasteiger partial charge in [0.15, 0.2) is 0 Å². The van der Waals surface area contributed by atoms with Gasteiger partial charge in [-0.2, -0.15) is 0 Å². The molecule has 0 N–H and O–H groups in total. The van der Waals surface area contributed by atoms with E-state index in [9.17, 15) is 4.79 Å². The third-order valence-electron chi connectivity index (χ3n) is 6.75. The highest BCUT2D eigenvalue weighted by Gasteiger charge is 2.67. The number of hydrogen-bond acceptors (Lipinski definition) is 2. The second kappa shape index (κ2) is 10.8. The van der Waals surface area contributed by atoms with Gasteiger partial charge in [0.2, 0.25) is 0 Å². The first-order valence-corrected chi connectivity index (χ1v) is 13.1. The fourth-order valence-electron chi connectivity index (χ4n) is 5.74. The predicted octanol–water partition coefficient (Wildman–Crippen LogP) is 8.57. The van der Waals surface area contributed by atoms with Crippen LogP contribution in [0.1, 0.15) is 120 Å². The molecule has 0 saturated heterocycles. The van der Waals surface area contributed by atoms with E-state index < -0.39 is 8.32 Å². The van der Waals surface area contributed by atoms with Gasteiger partial charge in [0.25, 0.3) is 8.32 Å². The second-order valence-electron chi connectivity index (χ2n) is 10.3. The molecule has 0 aliphatic rings. The van der Waals surface area contributed by atoms with Gasteiger partial charge in [-0.05, 0) is 34.4 Å². The van der Waals surface area contributed by atoms with Gasteiger partial charge >= 0.3 is 5.97 Å². The van der Waals surface area contributed by atoms with Crippen LogP contribution in [0.4, 0.5) is 0 Å². The van der Waals surface area contributed by atoms with Crippen LogP contribution < -0.4 is 0 Å². The molecule has 2 nitrogen and oxygen atoms in total. The summed E-state index contributed by atoms with van der Waals surface area (Å²) in [6.45, 7) is 24.8. The Labute approximate surface area is 171 Å². The molecule has 0 unspecified atom stereocenters. The molecule has 0 aliphatic carbocycles. The van der Waals surface area contributed by atoms with Crippen LogP contribution in [0.15, 0.2) is 12.7 Å². The fraction of sp³-hybridized carbons (Fsp3) is 0.875. The highest BCUT2D eigenvalue weighted by molar-refractivity contribution is 6.83. The van der Waals surface area contributed by atoms with Crippen molar-refractivity contribution in [3.8, 4) is 0 Å². The molecule has 0 amide bonds. The Hall–Kier alpha value is -0.573. The molecule has 0 heterocycles. The number of unbranched alkanes of at least 4 members (excludes halogenated alkanes) is 3. The lowest BCUT2D eigenvalue weighted by atomic mass is 10.0. The van der Waals surface area contributed by atoms with E-state index in [4.69, 9.17) is 4.43 Å². The molecular formula is C24H48O2Si. The van der Waals surface area contributed by atoms with Gasteiger partial charge in [0.1, 0.15) is 0 Å². The van der Waals surface area contributed by atoms with Crippen molar-refractivity contribution in [2.45, 2.75) is 135 Å². The van der Waals surface area contributed by atoms with Crippen molar-refractivity contribution in [3.05, 3.63) is 12.7 Å². The summed E-state index contributed by atoms with van der Waals surface area (Å²) in [5.41, 5.74) is 0. The van der Waals surface area contributed by atoms with Crippen molar-refractivity contribution >= 4 is 14.3 Å². The van der Waals surface area contributed by atoms with Gasteiger partial charge in [0.05, 0.1) is 0 Å². The van der Waals surface area contributed by atoms with Gasteiger partial charge in [-0.1, -0.05) is 107 Å². The van der Waals surface area contributed by atoms with E-state index in [0.29, 0.717) is 0 Å². The lowest BCUT2D eigenvalue weighted by Gasteiger charge is -2.60. The summed E-state index contributed by atoms with van der Waals surface area (Å²) in [5, 5.41) is 0.0302. The van der Waals surface area contributed by atoms with E-state index in [0.717, 1.165) is 19.3 Å². The quantitative estimate of drug-likeness (QED) is 0.217. The van der Waals surface area contributed by atoms with E-state index in [1.165, 1.54) is 44.6 Å². The average Bonchev–Trinajstić information content (AvgIpc) is 2.60. The Morgan fingerprint density at radius 1 is 0.778 bits per heavy atom. The number of rotatable bonds is 14. The van der Waals surface area contributed by atoms with Crippen LogP contribution in [0.2, 0.25) is 15.1 Å². The minimum Gasteiger partial charge on any atom is -0.514 e. The first-order chi connectivity index (χ1) is 12.4. The summed E-state index contributed by atoms with van der Waals surface area (Å²) in [6, 6.07) is 0. The summed E-state index contributed by atoms with van der Waals surface area (Å²) in [6.07, 6.45) is 11.8. The van der Waals surface area contributed by atoms with Gasteiger partial charge in [-0.3, -0.25) is 0 Å². The minimum absolute atomic E-state index is 0.0101. The molecule has 0 rings (SSSR count). The van der Waals surface area contributed by atoms with Gasteiger partial charge in [0, 0.05) is 6.08 Å². The van der Waals surface area contributed by atoms with E-state index in [-0.39, 0.29) is 21.1 Å². The minimum atomic E-state index is -2.59. The Bertz CT molecular complexity index is 413. The average molecular weight is 397 g/mol. The molecule has 0 atom stereocenters. The van der Waals surface area contributed by atoms with Crippen molar-refractivity contribution < 1.29 is 9.22 Å². The summed E-state index contributed by atoms with van der Waals surface area (Å²) >= 11 is 0. The topological polar surface area (TPSA) is 26.3 Å². The highest BCUT2D eigenvalue weighted by atomic mass is 28.4. The summed E-state index contributed by atoms with van der Waals surface area (Å²) < 4.78 is 6.65. The first-order valence-electron chi connectivity index (χ1n) is 11.2. The van der Waals surface area contributed by atoms with E-state index in [1.54, 1.807) is 0 Å². The van der Waals surface area contributed by atoms with Gasteiger partial charge in [-0.25, -0.2) is 4.79 Å². The zero-order valence-corrected chi connectivity index (χ0v) is 21.0. The van der Waals surface area contributed by atoms with Gasteiger partial charge in [-0.15, -0.1) is 0 Å². The van der Waals surface area contributed by atoms with E-state index >= 15 is 0 Å². The summed E-state index contributed by atoms with van der Waals surface area (Å²) in [5.74, 6) is -0.222.